The minimum atomic E-state index is -1.06. The van der Waals surface area contributed by atoms with Crippen LogP contribution in [-0.4, -0.2) is 23.0 Å². The summed E-state index contributed by atoms with van der Waals surface area (Å²) in [5.41, 5.74) is 3.62. The number of rotatable bonds is 7. The quantitative estimate of drug-likeness (QED) is 0.566. The standard InChI is InChI=1S/C23H27NO6/c1-6-11(2)19(22(26)27)24-18(25)8-7-15-13(4)17-9-16-12(3)10-29-20(16)14(5)21(17)30-23(15)28/h9-11,19H,6-8H2,1-5H3,(H,24,25)(H,26,27)/t11-,19-/m0/s1. The Labute approximate surface area is 174 Å². The number of nitrogens with one attached hydrogen (secondary N) is 1. The van der Waals surface area contributed by atoms with Crippen molar-refractivity contribution in [3.8, 4) is 0 Å². The number of carboxylic acids is 1. The van der Waals surface area contributed by atoms with Gasteiger partial charge >= 0.3 is 11.6 Å². The second-order valence-corrected chi connectivity index (χ2v) is 7.94. The summed E-state index contributed by atoms with van der Waals surface area (Å²) in [6.07, 6.45) is 2.48. The van der Waals surface area contributed by atoms with E-state index >= 15 is 0 Å². The molecule has 30 heavy (non-hydrogen) atoms. The number of benzene rings is 1. The molecule has 0 spiro atoms. The predicted octanol–water partition coefficient (Wildman–Crippen LogP) is 4.01. The molecular weight excluding hydrogens is 386 g/mol. The van der Waals surface area contributed by atoms with Gasteiger partial charge in [0.15, 0.2) is 0 Å². The molecule has 3 rings (SSSR count). The van der Waals surface area contributed by atoms with E-state index in [-0.39, 0.29) is 18.8 Å². The second-order valence-electron chi connectivity index (χ2n) is 7.94. The molecule has 0 unspecified atom stereocenters. The first kappa shape index (κ1) is 21.6. The number of amides is 1. The van der Waals surface area contributed by atoms with Crippen LogP contribution in [0.3, 0.4) is 0 Å². The summed E-state index contributed by atoms with van der Waals surface area (Å²) in [4.78, 5) is 36.4. The van der Waals surface area contributed by atoms with Crippen molar-refractivity contribution in [3.05, 3.63) is 45.0 Å². The molecule has 0 aliphatic carbocycles. The minimum absolute atomic E-state index is 0.00326. The molecule has 160 valence electrons. The Bertz CT molecular complexity index is 1190. The Morgan fingerprint density at radius 3 is 2.47 bits per heavy atom. The monoisotopic (exact) mass is 413 g/mol. The zero-order valence-corrected chi connectivity index (χ0v) is 17.9. The van der Waals surface area contributed by atoms with Crippen LogP contribution in [0.25, 0.3) is 21.9 Å². The molecule has 1 aromatic carbocycles. The Balaban J connectivity index is 1.90. The van der Waals surface area contributed by atoms with Gasteiger partial charge < -0.3 is 19.3 Å². The fraction of sp³-hybridized carbons (Fsp3) is 0.435. The summed E-state index contributed by atoms with van der Waals surface area (Å²) < 4.78 is 11.2. The molecule has 0 aliphatic heterocycles. The fourth-order valence-electron chi connectivity index (χ4n) is 3.77. The number of carbonyl (C=O) groups is 2. The molecule has 7 heteroatoms. The zero-order valence-electron chi connectivity index (χ0n) is 17.9. The molecule has 0 aliphatic rings. The van der Waals surface area contributed by atoms with Crippen LogP contribution in [0.15, 0.2) is 26.0 Å². The maximum absolute atomic E-state index is 12.6. The number of fused-ring (bicyclic) bond motifs is 2. The summed E-state index contributed by atoms with van der Waals surface area (Å²) in [6, 6.07) is 0.999. The summed E-state index contributed by atoms with van der Waals surface area (Å²) >= 11 is 0. The topological polar surface area (TPSA) is 110 Å². The van der Waals surface area contributed by atoms with E-state index in [4.69, 9.17) is 8.83 Å². The Hall–Kier alpha value is -3.09. The number of carboxylic acid groups (broad SMARTS) is 1. The molecule has 0 saturated carbocycles. The molecule has 2 atom stereocenters. The highest BCUT2D eigenvalue weighted by atomic mass is 16.4. The molecule has 2 aromatic heterocycles. The Kier molecular flexibility index (Phi) is 6.01. The third-order valence-electron chi connectivity index (χ3n) is 5.93. The molecule has 1 amide bonds. The minimum Gasteiger partial charge on any atom is -0.480 e. The largest absolute Gasteiger partial charge is 0.480 e. The van der Waals surface area contributed by atoms with E-state index in [0.717, 1.165) is 27.5 Å². The third-order valence-corrected chi connectivity index (χ3v) is 5.93. The number of aryl methyl sites for hydroxylation is 3. The van der Waals surface area contributed by atoms with Gasteiger partial charge in [0, 0.05) is 28.3 Å². The van der Waals surface area contributed by atoms with Crippen LogP contribution in [0.5, 0.6) is 0 Å². The van der Waals surface area contributed by atoms with E-state index in [2.05, 4.69) is 5.32 Å². The summed E-state index contributed by atoms with van der Waals surface area (Å²) in [7, 11) is 0. The molecule has 0 fully saturated rings. The third kappa shape index (κ3) is 3.84. The maximum Gasteiger partial charge on any atom is 0.339 e. The van der Waals surface area contributed by atoms with Gasteiger partial charge in [-0.05, 0) is 50.3 Å². The van der Waals surface area contributed by atoms with E-state index in [1.165, 1.54) is 0 Å². The van der Waals surface area contributed by atoms with Crippen molar-refractivity contribution in [1.29, 1.82) is 0 Å². The molecule has 0 bridgehead atoms. The molecule has 2 N–H and O–H groups in total. The van der Waals surface area contributed by atoms with Crippen molar-refractivity contribution in [2.24, 2.45) is 5.92 Å². The highest BCUT2D eigenvalue weighted by Gasteiger charge is 2.25. The summed E-state index contributed by atoms with van der Waals surface area (Å²) in [5, 5.41) is 13.7. The van der Waals surface area contributed by atoms with Crippen LogP contribution in [0, 0.1) is 26.7 Å². The van der Waals surface area contributed by atoms with Gasteiger partial charge in [-0.2, -0.15) is 0 Å². The average Bonchev–Trinajstić information content (AvgIpc) is 3.07. The van der Waals surface area contributed by atoms with Gasteiger partial charge in [-0.3, -0.25) is 4.79 Å². The predicted molar refractivity (Wildman–Crippen MR) is 114 cm³/mol. The number of carbonyl (C=O) groups excluding carboxylic acids is 1. The van der Waals surface area contributed by atoms with Crippen molar-refractivity contribution in [2.45, 2.75) is 59.9 Å². The molecule has 0 saturated heterocycles. The fourth-order valence-corrected chi connectivity index (χ4v) is 3.77. The number of hydrogen-bond acceptors (Lipinski definition) is 5. The second kappa shape index (κ2) is 8.34. The lowest BCUT2D eigenvalue weighted by Gasteiger charge is -2.20. The zero-order chi connectivity index (χ0) is 22.2. The normalized spacial score (nSPS) is 13.5. The van der Waals surface area contributed by atoms with E-state index in [0.29, 0.717) is 23.2 Å². The molecular formula is C23H27NO6. The van der Waals surface area contributed by atoms with Crippen LogP contribution in [-0.2, 0) is 16.0 Å². The number of furan rings is 1. The van der Waals surface area contributed by atoms with Gasteiger partial charge in [0.25, 0.3) is 0 Å². The van der Waals surface area contributed by atoms with Gasteiger partial charge in [-0.1, -0.05) is 20.3 Å². The van der Waals surface area contributed by atoms with Crippen molar-refractivity contribution >= 4 is 33.8 Å². The van der Waals surface area contributed by atoms with E-state index in [9.17, 15) is 19.5 Å². The van der Waals surface area contributed by atoms with Crippen LogP contribution in [0.4, 0.5) is 0 Å². The van der Waals surface area contributed by atoms with Crippen LogP contribution in [0.1, 0.15) is 48.9 Å². The van der Waals surface area contributed by atoms with Gasteiger partial charge in [-0.15, -0.1) is 0 Å². The van der Waals surface area contributed by atoms with Crippen molar-refractivity contribution < 1.29 is 23.5 Å². The number of aliphatic carboxylic acids is 1. The van der Waals surface area contributed by atoms with Gasteiger partial charge in [0.2, 0.25) is 5.91 Å². The highest BCUT2D eigenvalue weighted by Crippen LogP contribution is 2.32. The number of hydrogen-bond donors (Lipinski definition) is 2. The van der Waals surface area contributed by atoms with Gasteiger partial charge in [-0.25, -0.2) is 9.59 Å². The van der Waals surface area contributed by atoms with Crippen LogP contribution >= 0.6 is 0 Å². The van der Waals surface area contributed by atoms with E-state index in [1.807, 2.05) is 33.8 Å². The summed E-state index contributed by atoms with van der Waals surface area (Å²) in [6.45, 7) is 9.29. The lowest BCUT2D eigenvalue weighted by atomic mass is 9.97. The Morgan fingerprint density at radius 1 is 1.13 bits per heavy atom. The van der Waals surface area contributed by atoms with E-state index in [1.54, 1.807) is 13.2 Å². The SMILES string of the molecule is CC[C@H](C)[C@H](NC(=O)CCc1c(C)c2cc3c(C)coc3c(C)c2oc1=O)C(=O)O. The lowest BCUT2D eigenvalue weighted by Crippen LogP contribution is -2.45. The van der Waals surface area contributed by atoms with E-state index < -0.39 is 23.5 Å². The molecule has 7 nitrogen and oxygen atoms in total. The lowest BCUT2D eigenvalue weighted by molar-refractivity contribution is -0.143. The maximum atomic E-state index is 12.6. The van der Waals surface area contributed by atoms with Crippen molar-refractivity contribution in [2.75, 3.05) is 0 Å². The first-order valence-corrected chi connectivity index (χ1v) is 10.1. The van der Waals surface area contributed by atoms with Gasteiger partial charge in [0.1, 0.15) is 17.2 Å². The first-order valence-electron chi connectivity index (χ1n) is 10.1. The molecule has 3 aromatic rings. The van der Waals surface area contributed by atoms with Crippen molar-refractivity contribution in [3.63, 3.8) is 0 Å². The average molecular weight is 413 g/mol. The molecule has 0 radical (unpaired) electrons. The van der Waals surface area contributed by atoms with Crippen molar-refractivity contribution in [1.82, 2.24) is 5.32 Å². The Morgan fingerprint density at radius 2 is 1.83 bits per heavy atom. The summed E-state index contributed by atoms with van der Waals surface area (Å²) in [5.74, 6) is -1.66. The van der Waals surface area contributed by atoms with Gasteiger partial charge in [0.05, 0.1) is 6.26 Å². The smallest absolute Gasteiger partial charge is 0.339 e. The van der Waals surface area contributed by atoms with Crippen LogP contribution < -0.4 is 10.9 Å². The first-order chi connectivity index (χ1) is 14.1. The van der Waals surface area contributed by atoms with Crippen LogP contribution in [0.2, 0.25) is 0 Å². The molecule has 2 heterocycles. The highest BCUT2D eigenvalue weighted by molar-refractivity contribution is 5.99.